The van der Waals surface area contributed by atoms with E-state index in [0.717, 1.165) is 70.6 Å². The molecule has 0 aromatic rings. The van der Waals surface area contributed by atoms with Crippen LogP contribution in [-0.2, 0) is 18.4 Å². The summed E-state index contributed by atoms with van der Waals surface area (Å²) in [4.78, 5) is 25.6. The van der Waals surface area contributed by atoms with Crippen LogP contribution in [-0.4, -0.2) is 68.5 Å². The average molecular weight is 1140 g/mol. The van der Waals surface area contributed by atoms with Crippen LogP contribution in [0.5, 0.6) is 0 Å². The highest BCUT2D eigenvalue weighted by Crippen LogP contribution is 2.38. The van der Waals surface area contributed by atoms with E-state index in [2.05, 4.69) is 92.1 Å². The highest BCUT2D eigenvalue weighted by Gasteiger charge is 2.23. The van der Waals surface area contributed by atoms with E-state index in [0.29, 0.717) is 17.4 Å². The van der Waals surface area contributed by atoms with Crippen LogP contribution in [0.3, 0.4) is 0 Å². The van der Waals surface area contributed by atoms with E-state index in [1.54, 1.807) is 6.08 Å². The van der Waals surface area contributed by atoms with Crippen LogP contribution >= 0.6 is 7.82 Å². The van der Waals surface area contributed by atoms with Crippen LogP contribution in [0.25, 0.3) is 0 Å². The van der Waals surface area contributed by atoms with E-state index >= 15 is 0 Å². The summed E-state index contributed by atoms with van der Waals surface area (Å²) in [7, 11) is 1.24. The molecule has 1 amide bonds. The van der Waals surface area contributed by atoms with Crippen LogP contribution in [0.1, 0.15) is 309 Å². The van der Waals surface area contributed by atoms with Gasteiger partial charge in [-0.05, 0) is 83.5 Å². The van der Waals surface area contributed by atoms with E-state index in [-0.39, 0.29) is 12.5 Å². The molecule has 0 saturated carbocycles. The fourth-order valence-electron chi connectivity index (χ4n) is 9.83. The Morgan fingerprint density at radius 3 is 1.16 bits per heavy atom. The highest BCUT2D eigenvalue weighted by molar-refractivity contribution is 7.45. The van der Waals surface area contributed by atoms with Gasteiger partial charge in [-0.1, -0.05) is 304 Å². The lowest BCUT2D eigenvalue weighted by atomic mass is 10.0. The standard InChI is InChI=1S/C71H131N2O6P/c1-6-8-10-12-14-16-18-20-22-24-26-27-28-29-30-31-32-33-34-35-36-37-38-39-40-41-42-43-44-45-47-49-51-53-55-57-59-61-63-65-71(75)72-69(68-79-80(76,77)78-67-66-73(3,4)5)70(74)64-62-60-58-56-54-52-50-48-46-25-23-21-19-17-15-13-11-9-7-2/h8,10,14,16,20,22,26-27,46,48,54,56,62,64,69-70,74H,6-7,9,11-13,15,17-19,21,23-25,28-45,47,49-53,55,57-61,63,65-68H2,1-5H3,(H-,72,75,76,77)/b10-8-,16-14-,22-20-,27-26-,48-46+,56-54+,64-62+. The first-order valence-electron chi connectivity index (χ1n) is 33.9. The van der Waals surface area contributed by atoms with E-state index < -0.39 is 26.6 Å². The Balaban J connectivity index is 3.98. The van der Waals surface area contributed by atoms with Gasteiger partial charge in [0.25, 0.3) is 7.82 Å². The second-order valence-electron chi connectivity index (χ2n) is 24.1. The molecule has 0 radical (unpaired) electrons. The van der Waals surface area contributed by atoms with Crippen LogP contribution in [0, 0.1) is 0 Å². The van der Waals surface area contributed by atoms with Gasteiger partial charge >= 0.3 is 0 Å². The minimum absolute atomic E-state index is 0.00954. The van der Waals surface area contributed by atoms with Crippen LogP contribution in [0.2, 0.25) is 0 Å². The highest BCUT2D eigenvalue weighted by atomic mass is 31.2. The molecule has 0 aliphatic rings. The smallest absolute Gasteiger partial charge is 0.268 e. The van der Waals surface area contributed by atoms with Crippen LogP contribution in [0.4, 0.5) is 0 Å². The van der Waals surface area contributed by atoms with Gasteiger partial charge < -0.3 is 28.8 Å². The molecule has 0 bridgehead atoms. The fourth-order valence-corrected chi connectivity index (χ4v) is 10.5. The maximum absolute atomic E-state index is 13.0. The first-order valence-corrected chi connectivity index (χ1v) is 35.4. The van der Waals surface area contributed by atoms with Gasteiger partial charge in [-0.25, -0.2) is 0 Å². The Morgan fingerprint density at radius 2 is 0.775 bits per heavy atom. The average Bonchev–Trinajstić information content (AvgIpc) is 3.42. The second-order valence-corrected chi connectivity index (χ2v) is 25.5. The molecule has 3 atom stereocenters. The normalized spacial score (nSPS) is 14.2. The number of phosphoric ester groups is 1. The van der Waals surface area contributed by atoms with Crippen molar-refractivity contribution < 1.29 is 32.9 Å². The molecule has 0 heterocycles. The molecule has 8 nitrogen and oxygen atoms in total. The lowest BCUT2D eigenvalue weighted by molar-refractivity contribution is -0.870. The number of carbonyl (C=O) groups is 1. The minimum atomic E-state index is -4.61. The van der Waals surface area contributed by atoms with Gasteiger partial charge in [-0.15, -0.1) is 0 Å². The largest absolute Gasteiger partial charge is 0.756 e. The Hall–Kier alpha value is -2.32. The number of amides is 1. The SMILES string of the molecule is CC/C=C\C/C=C\C/C=C\C/C=C\CCCCCCCCCCCCCCCCCCCCCCCCCCCCC(=O)NC(COP(=O)([O-])OCC[N+](C)(C)C)C(O)/C=C/CC/C=C/CC/C=C/CCCCCCCCCCC. The molecule has 0 rings (SSSR count). The molecule has 0 saturated heterocycles. The van der Waals surface area contributed by atoms with Crippen molar-refractivity contribution in [3.05, 3.63) is 85.1 Å². The van der Waals surface area contributed by atoms with Gasteiger partial charge in [0, 0.05) is 6.42 Å². The van der Waals surface area contributed by atoms with E-state index in [4.69, 9.17) is 9.05 Å². The molecule has 0 fully saturated rings. The van der Waals surface area contributed by atoms with E-state index in [1.807, 2.05) is 27.2 Å². The number of nitrogens with zero attached hydrogens (tertiary/aromatic N) is 1. The van der Waals surface area contributed by atoms with Crippen molar-refractivity contribution in [1.29, 1.82) is 0 Å². The van der Waals surface area contributed by atoms with Crippen molar-refractivity contribution in [3.63, 3.8) is 0 Å². The van der Waals surface area contributed by atoms with Crippen molar-refractivity contribution in [2.75, 3.05) is 40.9 Å². The number of likely N-dealkylation sites (N-methyl/N-ethyl adjacent to an activating group) is 1. The number of hydrogen-bond donors (Lipinski definition) is 2. The molecular weight excluding hydrogens is 1010 g/mol. The van der Waals surface area contributed by atoms with Crippen LogP contribution < -0.4 is 10.2 Å². The lowest BCUT2D eigenvalue weighted by Gasteiger charge is -2.29. The number of rotatable bonds is 62. The van der Waals surface area contributed by atoms with Crippen LogP contribution in [0.15, 0.2) is 85.1 Å². The van der Waals surface area contributed by atoms with Crippen molar-refractivity contribution in [2.24, 2.45) is 0 Å². The number of aliphatic hydroxyl groups is 1. The molecule has 80 heavy (non-hydrogen) atoms. The molecule has 466 valence electrons. The number of hydrogen-bond acceptors (Lipinski definition) is 6. The topological polar surface area (TPSA) is 108 Å². The summed E-state index contributed by atoms with van der Waals surface area (Å²) < 4.78 is 23.4. The first-order chi connectivity index (χ1) is 39.0. The quantitative estimate of drug-likeness (QED) is 0.0272. The summed E-state index contributed by atoms with van der Waals surface area (Å²) in [6, 6.07) is -0.912. The molecular formula is C71H131N2O6P. The van der Waals surface area contributed by atoms with Gasteiger partial charge in [0.2, 0.25) is 5.91 Å². The number of carbonyl (C=O) groups excluding carboxylic acids is 1. The molecule has 0 aromatic heterocycles. The summed E-state index contributed by atoms with van der Waals surface area (Å²) in [6.45, 7) is 4.53. The summed E-state index contributed by atoms with van der Waals surface area (Å²) >= 11 is 0. The lowest BCUT2D eigenvalue weighted by Crippen LogP contribution is -2.45. The maximum Gasteiger partial charge on any atom is 0.268 e. The third-order valence-corrected chi connectivity index (χ3v) is 16.0. The Labute approximate surface area is 497 Å². The second kappa shape index (κ2) is 61.2. The summed E-state index contributed by atoms with van der Waals surface area (Å²) in [6.07, 6.45) is 87.1. The van der Waals surface area contributed by atoms with Crippen molar-refractivity contribution >= 4 is 13.7 Å². The third-order valence-electron chi connectivity index (χ3n) is 15.1. The fraction of sp³-hybridized carbons (Fsp3) is 0.789. The number of nitrogens with one attached hydrogen (secondary N) is 1. The number of quaternary nitrogens is 1. The van der Waals surface area contributed by atoms with Gasteiger partial charge in [0.1, 0.15) is 13.2 Å². The molecule has 0 aromatic carbocycles. The number of phosphoric acid groups is 1. The molecule has 9 heteroatoms. The molecule has 3 unspecified atom stereocenters. The molecule has 0 spiro atoms. The summed E-state index contributed by atoms with van der Waals surface area (Å²) in [5, 5.41) is 13.9. The van der Waals surface area contributed by atoms with Gasteiger partial charge in [0.05, 0.1) is 39.9 Å². The molecule has 0 aliphatic heterocycles. The van der Waals surface area contributed by atoms with Crippen molar-refractivity contribution in [3.8, 4) is 0 Å². The van der Waals surface area contributed by atoms with Crippen molar-refractivity contribution in [1.82, 2.24) is 5.32 Å². The number of allylic oxidation sites excluding steroid dienone is 13. The zero-order valence-corrected chi connectivity index (χ0v) is 54.2. The minimum Gasteiger partial charge on any atom is -0.756 e. The Morgan fingerprint density at radius 1 is 0.450 bits per heavy atom. The van der Waals surface area contributed by atoms with Crippen molar-refractivity contribution in [2.45, 2.75) is 321 Å². The summed E-state index contributed by atoms with van der Waals surface area (Å²) in [5.41, 5.74) is 0. The zero-order chi connectivity index (χ0) is 58.4. The first kappa shape index (κ1) is 77.7. The van der Waals surface area contributed by atoms with Gasteiger partial charge in [-0.2, -0.15) is 0 Å². The monoisotopic (exact) mass is 1140 g/mol. The molecule has 2 N–H and O–H groups in total. The van der Waals surface area contributed by atoms with E-state index in [1.165, 1.54) is 218 Å². The van der Waals surface area contributed by atoms with Gasteiger partial charge in [-0.3, -0.25) is 9.36 Å². The number of unbranched alkanes of at least 4 members (excludes halogenated alkanes) is 37. The maximum atomic E-state index is 13.0. The predicted molar refractivity (Wildman–Crippen MR) is 348 cm³/mol. The number of aliphatic hydroxyl groups excluding tert-OH is 1. The molecule has 0 aliphatic carbocycles. The zero-order valence-electron chi connectivity index (χ0n) is 53.3. The Kier molecular flexibility index (Phi) is 59.5. The third kappa shape index (κ3) is 63.3. The predicted octanol–water partition coefficient (Wildman–Crippen LogP) is 20.9. The van der Waals surface area contributed by atoms with Gasteiger partial charge in [0.15, 0.2) is 0 Å². The van der Waals surface area contributed by atoms with E-state index in [9.17, 15) is 19.4 Å². The Bertz CT molecular complexity index is 1580. The summed E-state index contributed by atoms with van der Waals surface area (Å²) in [5.74, 6) is -0.208.